The number of carbonyl (C=O) groups is 1. The fraction of sp³-hybridized carbons (Fsp3) is 0.500. The highest BCUT2D eigenvalue weighted by atomic mass is 32.2. The third kappa shape index (κ3) is 2.53. The molecule has 1 fully saturated rings. The summed E-state index contributed by atoms with van der Waals surface area (Å²) in [7, 11) is 0. The van der Waals surface area contributed by atoms with Gasteiger partial charge in [0.05, 0.1) is 0 Å². The molecule has 1 amide bonds. The van der Waals surface area contributed by atoms with Crippen molar-refractivity contribution in [3.63, 3.8) is 0 Å². The Labute approximate surface area is 97.6 Å². The second-order valence-electron chi connectivity index (χ2n) is 3.48. The first-order valence-electron chi connectivity index (χ1n) is 4.94. The Morgan fingerprint density at radius 3 is 3.27 bits per heavy atom. The molecule has 0 bridgehead atoms. The molecular formula is C10H14N2OS2. The number of thiophene rings is 1. The summed E-state index contributed by atoms with van der Waals surface area (Å²) in [5, 5.41) is 8.25. The molecule has 0 aliphatic carbocycles. The SMILES string of the molecule is CSc1ccsc1C(=O)NC1CCNC1. The molecule has 0 spiro atoms. The number of hydrogen-bond acceptors (Lipinski definition) is 4. The average Bonchev–Trinajstić information content (AvgIpc) is 2.86. The third-order valence-corrected chi connectivity index (χ3v) is 4.27. The topological polar surface area (TPSA) is 41.1 Å². The molecule has 2 rings (SSSR count). The molecule has 1 atom stereocenters. The predicted molar refractivity (Wildman–Crippen MR) is 64.8 cm³/mol. The van der Waals surface area contributed by atoms with Gasteiger partial charge in [-0.25, -0.2) is 0 Å². The molecule has 1 aromatic heterocycles. The largest absolute Gasteiger partial charge is 0.347 e. The van der Waals surface area contributed by atoms with Crippen LogP contribution in [0.25, 0.3) is 0 Å². The molecule has 0 saturated carbocycles. The molecule has 1 aliphatic rings. The number of thioether (sulfide) groups is 1. The van der Waals surface area contributed by atoms with Crippen molar-refractivity contribution >= 4 is 29.0 Å². The molecule has 1 unspecified atom stereocenters. The van der Waals surface area contributed by atoms with E-state index in [9.17, 15) is 4.79 Å². The van der Waals surface area contributed by atoms with Crippen LogP contribution in [0.4, 0.5) is 0 Å². The first kappa shape index (κ1) is 11.0. The van der Waals surface area contributed by atoms with E-state index in [-0.39, 0.29) is 5.91 Å². The van der Waals surface area contributed by atoms with Gasteiger partial charge in [-0.15, -0.1) is 23.1 Å². The van der Waals surface area contributed by atoms with Gasteiger partial charge in [0.15, 0.2) is 0 Å². The summed E-state index contributed by atoms with van der Waals surface area (Å²) in [5.74, 6) is 0.0723. The number of rotatable bonds is 3. The second-order valence-corrected chi connectivity index (χ2v) is 5.25. The van der Waals surface area contributed by atoms with E-state index in [1.54, 1.807) is 11.8 Å². The molecule has 1 saturated heterocycles. The maximum absolute atomic E-state index is 11.9. The van der Waals surface area contributed by atoms with Crippen molar-refractivity contribution in [1.29, 1.82) is 0 Å². The van der Waals surface area contributed by atoms with Gasteiger partial charge in [-0.1, -0.05) is 0 Å². The van der Waals surface area contributed by atoms with Crippen LogP contribution in [0, 0.1) is 0 Å². The van der Waals surface area contributed by atoms with Crippen molar-refractivity contribution in [3.8, 4) is 0 Å². The Hall–Kier alpha value is -0.520. The van der Waals surface area contributed by atoms with Crippen LogP contribution in [-0.4, -0.2) is 31.3 Å². The maximum Gasteiger partial charge on any atom is 0.262 e. The number of hydrogen-bond donors (Lipinski definition) is 2. The van der Waals surface area contributed by atoms with Crippen LogP contribution in [0.15, 0.2) is 16.3 Å². The van der Waals surface area contributed by atoms with Crippen LogP contribution in [0.5, 0.6) is 0 Å². The summed E-state index contributed by atoms with van der Waals surface area (Å²) >= 11 is 3.13. The lowest BCUT2D eigenvalue weighted by molar-refractivity contribution is 0.0941. The Balaban J connectivity index is 2.00. The fourth-order valence-electron chi connectivity index (χ4n) is 1.65. The van der Waals surface area contributed by atoms with Gasteiger partial charge in [0, 0.05) is 17.5 Å². The highest BCUT2D eigenvalue weighted by Gasteiger charge is 2.19. The Kier molecular flexibility index (Phi) is 3.66. The van der Waals surface area contributed by atoms with Crippen molar-refractivity contribution < 1.29 is 4.79 Å². The van der Waals surface area contributed by atoms with Crippen LogP contribution in [0.1, 0.15) is 16.1 Å². The summed E-state index contributed by atoms with van der Waals surface area (Å²) < 4.78 is 0. The van der Waals surface area contributed by atoms with E-state index in [0.717, 1.165) is 29.3 Å². The predicted octanol–water partition coefficient (Wildman–Crippen LogP) is 1.56. The molecule has 2 N–H and O–H groups in total. The summed E-state index contributed by atoms with van der Waals surface area (Å²) in [6.45, 7) is 1.90. The lowest BCUT2D eigenvalue weighted by atomic mass is 10.2. The van der Waals surface area contributed by atoms with Crippen molar-refractivity contribution in [1.82, 2.24) is 10.6 Å². The van der Waals surface area contributed by atoms with Crippen LogP contribution < -0.4 is 10.6 Å². The van der Waals surface area contributed by atoms with E-state index < -0.39 is 0 Å². The third-order valence-electron chi connectivity index (χ3n) is 2.45. The highest BCUT2D eigenvalue weighted by molar-refractivity contribution is 7.98. The van der Waals surface area contributed by atoms with Crippen molar-refractivity contribution in [2.45, 2.75) is 17.4 Å². The molecule has 15 heavy (non-hydrogen) atoms. The van der Waals surface area contributed by atoms with E-state index >= 15 is 0 Å². The van der Waals surface area contributed by atoms with Gasteiger partial charge in [0.25, 0.3) is 5.91 Å². The minimum absolute atomic E-state index is 0.0723. The van der Waals surface area contributed by atoms with E-state index in [4.69, 9.17) is 0 Å². The van der Waals surface area contributed by atoms with Crippen molar-refractivity contribution in [3.05, 3.63) is 16.3 Å². The molecule has 2 heterocycles. The number of amides is 1. The zero-order valence-electron chi connectivity index (χ0n) is 8.58. The Bertz CT molecular complexity index is 345. The monoisotopic (exact) mass is 242 g/mol. The first-order chi connectivity index (χ1) is 7.31. The summed E-state index contributed by atoms with van der Waals surface area (Å²) in [5.41, 5.74) is 0. The second kappa shape index (κ2) is 5.01. The molecule has 0 aromatic carbocycles. The van der Waals surface area contributed by atoms with Gasteiger partial charge >= 0.3 is 0 Å². The minimum Gasteiger partial charge on any atom is -0.347 e. The zero-order chi connectivity index (χ0) is 10.7. The fourth-order valence-corrected chi connectivity index (χ4v) is 3.31. The van der Waals surface area contributed by atoms with Crippen LogP contribution >= 0.6 is 23.1 Å². The molecule has 0 radical (unpaired) electrons. The quantitative estimate of drug-likeness (QED) is 0.790. The van der Waals surface area contributed by atoms with Gasteiger partial charge < -0.3 is 10.6 Å². The molecular weight excluding hydrogens is 228 g/mol. The van der Waals surface area contributed by atoms with E-state index in [1.165, 1.54) is 11.3 Å². The standard InChI is InChI=1S/C10H14N2OS2/c1-14-8-3-5-15-9(8)10(13)12-7-2-4-11-6-7/h3,5,7,11H,2,4,6H2,1H3,(H,12,13). The van der Waals surface area contributed by atoms with Gasteiger partial charge in [-0.05, 0) is 30.7 Å². The molecule has 1 aromatic rings. The van der Waals surface area contributed by atoms with Crippen LogP contribution in [0.2, 0.25) is 0 Å². The molecule has 3 nitrogen and oxygen atoms in total. The van der Waals surface area contributed by atoms with E-state index in [2.05, 4.69) is 10.6 Å². The normalized spacial score (nSPS) is 20.5. The average molecular weight is 242 g/mol. The summed E-state index contributed by atoms with van der Waals surface area (Å²) in [6.07, 6.45) is 3.03. The van der Waals surface area contributed by atoms with E-state index in [1.807, 2.05) is 17.7 Å². The molecule has 1 aliphatic heterocycles. The van der Waals surface area contributed by atoms with Gasteiger partial charge in [0.2, 0.25) is 0 Å². The van der Waals surface area contributed by atoms with Crippen molar-refractivity contribution in [2.24, 2.45) is 0 Å². The van der Waals surface area contributed by atoms with Gasteiger partial charge in [-0.2, -0.15) is 0 Å². The van der Waals surface area contributed by atoms with Gasteiger partial charge in [0.1, 0.15) is 4.88 Å². The lowest BCUT2D eigenvalue weighted by Crippen LogP contribution is -2.35. The van der Waals surface area contributed by atoms with Gasteiger partial charge in [-0.3, -0.25) is 4.79 Å². The Morgan fingerprint density at radius 2 is 2.60 bits per heavy atom. The molecule has 82 valence electrons. The summed E-state index contributed by atoms with van der Waals surface area (Å²) in [6, 6.07) is 2.30. The summed E-state index contributed by atoms with van der Waals surface area (Å²) in [4.78, 5) is 13.8. The number of nitrogens with one attached hydrogen (secondary N) is 2. The lowest BCUT2D eigenvalue weighted by Gasteiger charge is -2.10. The van der Waals surface area contributed by atoms with Crippen LogP contribution in [0.3, 0.4) is 0 Å². The van der Waals surface area contributed by atoms with Crippen LogP contribution in [-0.2, 0) is 0 Å². The van der Waals surface area contributed by atoms with Crippen molar-refractivity contribution in [2.75, 3.05) is 19.3 Å². The first-order valence-corrected chi connectivity index (χ1v) is 7.05. The number of carbonyl (C=O) groups excluding carboxylic acids is 1. The smallest absolute Gasteiger partial charge is 0.262 e. The highest BCUT2D eigenvalue weighted by Crippen LogP contribution is 2.25. The van der Waals surface area contributed by atoms with E-state index in [0.29, 0.717) is 6.04 Å². The maximum atomic E-state index is 11.9. The minimum atomic E-state index is 0.0723. The molecule has 5 heteroatoms. The Morgan fingerprint density at radius 1 is 1.73 bits per heavy atom. The zero-order valence-corrected chi connectivity index (χ0v) is 10.2.